The van der Waals surface area contributed by atoms with Crippen LogP contribution in [0.3, 0.4) is 0 Å². The number of benzene rings is 10. The number of hydrogen-bond donors (Lipinski definition) is 0. The van der Waals surface area contributed by atoms with Gasteiger partial charge in [0.1, 0.15) is 0 Å². The van der Waals surface area contributed by atoms with Crippen molar-refractivity contribution in [2.75, 3.05) is 4.90 Å². The molecule has 1 heteroatoms. The third-order valence-electron chi connectivity index (χ3n) is 14.9. The summed E-state index contributed by atoms with van der Waals surface area (Å²) in [5, 5.41) is 5.26. The molecule has 10 aromatic rings. The minimum atomic E-state index is -0.127. The lowest BCUT2D eigenvalue weighted by atomic mass is 9.79. The minimum absolute atomic E-state index is 0.127. The Morgan fingerprint density at radius 1 is 0.394 bits per heavy atom. The molecule has 12 rings (SSSR count). The van der Waals surface area contributed by atoms with Crippen LogP contribution in [0.5, 0.6) is 0 Å². The van der Waals surface area contributed by atoms with E-state index in [2.05, 4.69) is 237 Å². The molecule has 0 bridgehead atoms. The Morgan fingerprint density at radius 3 is 1.79 bits per heavy atom. The molecule has 0 atom stereocenters. The Labute approximate surface area is 389 Å². The van der Waals surface area contributed by atoms with Gasteiger partial charge in [0, 0.05) is 22.4 Å². The highest BCUT2D eigenvalue weighted by molar-refractivity contribution is 6.04. The molecule has 0 spiro atoms. The van der Waals surface area contributed by atoms with E-state index in [1.54, 1.807) is 0 Å². The Balaban J connectivity index is 0.996. The van der Waals surface area contributed by atoms with Crippen LogP contribution in [0, 0.1) is 0 Å². The van der Waals surface area contributed by atoms with Crippen LogP contribution in [0.2, 0.25) is 0 Å². The van der Waals surface area contributed by atoms with Gasteiger partial charge in [0.15, 0.2) is 0 Å². The van der Waals surface area contributed by atoms with Crippen LogP contribution in [0.4, 0.5) is 17.1 Å². The van der Waals surface area contributed by atoms with Gasteiger partial charge in [-0.05, 0) is 137 Å². The van der Waals surface area contributed by atoms with E-state index in [0.717, 1.165) is 11.4 Å². The Bertz CT molecular complexity index is 3410. The molecule has 0 heterocycles. The second-order valence-electron chi connectivity index (χ2n) is 19.0. The lowest BCUT2D eigenvalue weighted by Gasteiger charge is -2.30. The van der Waals surface area contributed by atoms with E-state index in [9.17, 15) is 0 Å². The third kappa shape index (κ3) is 6.85. The smallest absolute Gasteiger partial charge is 0.0540 e. The van der Waals surface area contributed by atoms with Gasteiger partial charge in [-0.25, -0.2) is 0 Å². The normalized spacial score (nSPS) is 14.3. The Morgan fingerprint density at radius 2 is 0.970 bits per heavy atom. The molecule has 2 aliphatic carbocycles. The standard InChI is InChI=1S/C65H53N/c1-65(2)61-33-10-8-26-57(61)60-32-16-30-56(64(60)65)50-23-12-24-52(43-50)66(51-41-39-45(40-42-51)44-35-37-48(38-36-44)54-28-13-20-46-19-6-7-25-53(46)54)62-34-11-9-27-58(62)59-31-15-22-49-21-14-29-55(63(49)59)47-17-4-3-5-18-47/h6-16,19-43,47H,3-5,17-18H2,1-2H3. The van der Waals surface area contributed by atoms with Gasteiger partial charge in [0.05, 0.1) is 5.69 Å². The van der Waals surface area contributed by atoms with Gasteiger partial charge >= 0.3 is 0 Å². The van der Waals surface area contributed by atoms with Crippen LogP contribution < -0.4 is 4.90 Å². The molecule has 0 radical (unpaired) electrons. The van der Waals surface area contributed by atoms with E-state index in [1.807, 2.05) is 0 Å². The summed E-state index contributed by atoms with van der Waals surface area (Å²) in [5.41, 5.74) is 20.2. The van der Waals surface area contributed by atoms with Crippen LogP contribution in [0.1, 0.15) is 68.6 Å². The van der Waals surface area contributed by atoms with Crippen LogP contribution in [-0.4, -0.2) is 0 Å². The van der Waals surface area contributed by atoms with Gasteiger partial charge in [-0.2, -0.15) is 0 Å². The summed E-state index contributed by atoms with van der Waals surface area (Å²) in [4.78, 5) is 2.50. The largest absolute Gasteiger partial charge is 0.310 e. The highest BCUT2D eigenvalue weighted by atomic mass is 15.1. The summed E-state index contributed by atoms with van der Waals surface area (Å²) < 4.78 is 0. The zero-order valence-electron chi connectivity index (χ0n) is 37.8. The molecular weight excluding hydrogens is 795 g/mol. The SMILES string of the molecule is CC1(C)c2ccccc2-c2cccc(-c3cccc(N(c4ccc(-c5ccc(-c6cccc7ccccc67)cc5)cc4)c4ccccc4-c4cccc5cccc(C6CCCCC6)c45)c3)c21. The van der Waals surface area contributed by atoms with Crippen LogP contribution in [0.25, 0.3) is 77.2 Å². The van der Waals surface area contributed by atoms with E-state index in [1.165, 1.54) is 132 Å². The van der Waals surface area contributed by atoms with E-state index in [-0.39, 0.29) is 5.41 Å². The molecule has 0 amide bonds. The molecule has 0 aliphatic heterocycles. The second kappa shape index (κ2) is 16.5. The van der Waals surface area contributed by atoms with Gasteiger partial charge in [0.2, 0.25) is 0 Å². The second-order valence-corrected chi connectivity index (χ2v) is 19.0. The fraction of sp³-hybridized carbons (Fsp3) is 0.138. The maximum Gasteiger partial charge on any atom is 0.0540 e. The zero-order chi connectivity index (χ0) is 44.2. The number of para-hydroxylation sites is 1. The van der Waals surface area contributed by atoms with E-state index >= 15 is 0 Å². The zero-order valence-corrected chi connectivity index (χ0v) is 37.8. The van der Waals surface area contributed by atoms with Crippen LogP contribution >= 0.6 is 0 Å². The van der Waals surface area contributed by atoms with Gasteiger partial charge in [-0.15, -0.1) is 0 Å². The topological polar surface area (TPSA) is 3.24 Å². The van der Waals surface area contributed by atoms with Crippen LogP contribution in [0.15, 0.2) is 218 Å². The quantitative estimate of drug-likeness (QED) is 0.147. The summed E-state index contributed by atoms with van der Waals surface area (Å²) in [5.74, 6) is 0.584. The Hall–Kier alpha value is -7.48. The lowest BCUT2D eigenvalue weighted by molar-refractivity contribution is 0.445. The number of fused-ring (bicyclic) bond motifs is 5. The van der Waals surface area contributed by atoms with Crippen molar-refractivity contribution in [1.82, 2.24) is 0 Å². The van der Waals surface area contributed by atoms with Crippen molar-refractivity contribution in [2.24, 2.45) is 0 Å². The van der Waals surface area contributed by atoms with Gasteiger partial charge in [-0.1, -0.05) is 221 Å². The molecule has 318 valence electrons. The molecular formula is C65H53N. The van der Waals surface area contributed by atoms with Crippen molar-refractivity contribution >= 4 is 38.6 Å². The molecule has 1 saturated carbocycles. The summed E-state index contributed by atoms with van der Waals surface area (Å²) in [6, 6.07) is 81.6. The molecule has 0 saturated heterocycles. The Kier molecular flexibility index (Phi) is 10.0. The number of hydrogen-bond acceptors (Lipinski definition) is 1. The number of anilines is 3. The van der Waals surface area contributed by atoms with E-state index in [4.69, 9.17) is 0 Å². The van der Waals surface area contributed by atoms with Crippen molar-refractivity contribution in [2.45, 2.75) is 57.3 Å². The molecule has 66 heavy (non-hydrogen) atoms. The third-order valence-corrected chi connectivity index (χ3v) is 14.9. The predicted octanol–water partition coefficient (Wildman–Crippen LogP) is 18.5. The number of rotatable bonds is 8. The molecule has 1 fully saturated rings. The summed E-state index contributed by atoms with van der Waals surface area (Å²) in [6.07, 6.45) is 6.48. The monoisotopic (exact) mass is 847 g/mol. The predicted molar refractivity (Wildman–Crippen MR) is 281 cm³/mol. The van der Waals surface area contributed by atoms with Crippen molar-refractivity contribution in [3.63, 3.8) is 0 Å². The van der Waals surface area contributed by atoms with Crippen molar-refractivity contribution in [1.29, 1.82) is 0 Å². The molecule has 0 N–H and O–H groups in total. The van der Waals surface area contributed by atoms with E-state index < -0.39 is 0 Å². The fourth-order valence-electron chi connectivity index (χ4n) is 11.7. The lowest BCUT2D eigenvalue weighted by Crippen LogP contribution is -2.16. The first-order valence-electron chi connectivity index (χ1n) is 23.9. The maximum absolute atomic E-state index is 2.50. The minimum Gasteiger partial charge on any atom is -0.310 e. The van der Waals surface area contributed by atoms with Gasteiger partial charge in [-0.3, -0.25) is 0 Å². The summed E-state index contributed by atoms with van der Waals surface area (Å²) in [7, 11) is 0. The average molecular weight is 848 g/mol. The maximum atomic E-state index is 2.50. The highest BCUT2D eigenvalue weighted by Crippen LogP contribution is 2.53. The van der Waals surface area contributed by atoms with E-state index in [0.29, 0.717) is 5.92 Å². The first-order valence-corrected chi connectivity index (χ1v) is 23.9. The molecule has 0 unspecified atom stereocenters. The van der Waals surface area contributed by atoms with Gasteiger partial charge in [0.25, 0.3) is 0 Å². The molecule has 0 aromatic heterocycles. The van der Waals surface area contributed by atoms with Crippen molar-refractivity contribution in [3.8, 4) is 55.6 Å². The highest BCUT2D eigenvalue weighted by Gasteiger charge is 2.37. The number of nitrogens with zero attached hydrogens (tertiary/aromatic N) is 1. The summed E-state index contributed by atoms with van der Waals surface area (Å²) >= 11 is 0. The van der Waals surface area contributed by atoms with Crippen LogP contribution in [-0.2, 0) is 5.41 Å². The van der Waals surface area contributed by atoms with Gasteiger partial charge < -0.3 is 4.90 Å². The summed E-state index contributed by atoms with van der Waals surface area (Å²) in [6.45, 7) is 4.77. The average Bonchev–Trinajstić information content (AvgIpc) is 3.62. The molecule has 2 aliphatic rings. The van der Waals surface area contributed by atoms with Crippen molar-refractivity contribution < 1.29 is 0 Å². The molecule has 1 nitrogen and oxygen atoms in total. The molecule has 10 aromatic carbocycles. The van der Waals surface area contributed by atoms with Crippen molar-refractivity contribution in [3.05, 3.63) is 235 Å². The first-order chi connectivity index (χ1) is 32.5. The fourth-order valence-corrected chi connectivity index (χ4v) is 11.7. The first kappa shape index (κ1) is 40.1.